The molecule has 0 amide bonds. The zero-order valence-corrected chi connectivity index (χ0v) is 9.33. The number of fused-ring (bicyclic) bond motifs is 1. The highest BCUT2D eigenvalue weighted by molar-refractivity contribution is 5.79. The van der Waals surface area contributed by atoms with E-state index in [2.05, 4.69) is 41.6 Å². The van der Waals surface area contributed by atoms with Gasteiger partial charge in [-0.25, -0.2) is 4.98 Å². The Morgan fingerprint density at radius 1 is 1.25 bits per heavy atom. The summed E-state index contributed by atoms with van der Waals surface area (Å²) in [6, 6.07) is 7.09. The number of rotatable bonds is 1. The van der Waals surface area contributed by atoms with E-state index in [9.17, 15) is 0 Å². The Morgan fingerprint density at radius 3 is 2.62 bits per heavy atom. The lowest BCUT2D eigenvalue weighted by Gasteiger charge is -2.29. The predicted molar refractivity (Wildman–Crippen MR) is 68.8 cm³/mol. The molecule has 1 aliphatic carbocycles. The van der Waals surface area contributed by atoms with Crippen molar-refractivity contribution in [1.82, 2.24) is 9.55 Å². The Labute approximate surface area is 97.3 Å². The van der Waals surface area contributed by atoms with Crippen molar-refractivity contribution in [3.63, 3.8) is 0 Å². The third-order valence-corrected chi connectivity index (χ3v) is 3.53. The van der Waals surface area contributed by atoms with Crippen molar-refractivity contribution in [1.29, 1.82) is 0 Å². The van der Waals surface area contributed by atoms with Gasteiger partial charge in [0, 0.05) is 6.04 Å². The van der Waals surface area contributed by atoms with Gasteiger partial charge in [0.15, 0.2) is 0 Å². The molecule has 3 rings (SSSR count). The van der Waals surface area contributed by atoms with Gasteiger partial charge in [0.25, 0.3) is 0 Å². The molecule has 0 atom stereocenters. The third kappa shape index (κ3) is 1.44. The van der Waals surface area contributed by atoms with Gasteiger partial charge in [0.1, 0.15) is 5.82 Å². The van der Waals surface area contributed by atoms with E-state index < -0.39 is 0 Å². The zero-order valence-electron chi connectivity index (χ0n) is 9.33. The summed E-state index contributed by atoms with van der Waals surface area (Å²) in [6.07, 6.45) is 4.01. The van der Waals surface area contributed by atoms with Gasteiger partial charge < -0.3 is 4.57 Å². The summed E-state index contributed by atoms with van der Waals surface area (Å²) in [6.45, 7) is 4.30. The Balaban J connectivity index is 0.000000963. The lowest BCUT2D eigenvalue weighted by Crippen LogP contribution is -2.18. The van der Waals surface area contributed by atoms with Crippen LogP contribution < -0.4 is 0 Å². The summed E-state index contributed by atoms with van der Waals surface area (Å²) in [5.74, 6) is 1.17. The summed E-state index contributed by atoms with van der Waals surface area (Å²) >= 11 is 0. The van der Waals surface area contributed by atoms with E-state index in [1.165, 1.54) is 36.2 Å². The molecular formula is C14H20N2. The second-order valence-electron chi connectivity index (χ2n) is 4.56. The molecule has 2 nitrogen and oxygen atoms in total. The molecule has 1 saturated carbocycles. The van der Waals surface area contributed by atoms with Crippen LogP contribution in [0.25, 0.3) is 11.0 Å². The largest absolute Gasteiger partial charge is 0.325 e. The minimum Gasteiger partial charge on any atom is -0.325 e. The van der Waals surface area contributed by atoms with Crippen LogP contribution in [0.5, 0.6) is 0 Å². The number of para-hydroxylation sites is 1. The van der Waals surface area contributed by atoms with Crippen LogP contribution in [0.4, 0.5) is 0 Å². The highest BCUT2D eigenvalue weighted by Crippen LogP contribution is 2.36. The van der Waals surface area contributed by atoms with E-state index in [1.54, 1.807) is 0 Å². The minimum absolute atomic E-state index is 0. The number of hydrogen-bond acceptors (Lipinski definition) is 1. The van der Waals surface area contributed by atoms with Crippen molar-refractivity contribution in [2.24, 2.45) is 0 Å². The molecule has 0 radical (unpaired) electrons. The van der Waals surface area contributed by atoms with Gasteiger partial charge in [-0.3, -0.25) is 0 Å². The number of benzene rings is 1. The first-order valence-electron chi connectivity index (χ1n) is 5.71. The maximum atomic E-state index is 4.64. The average molecular weight is 216 g/mol. The molecule has 16 heavy (non-hydrogen) atoms. The van der Waals surface area contributed by atoms with Gasteiger partial charge in [-0.1, -0.05) is 19.6 Å². The molecule has 1 aliphatic rings. The van der Waals surface area contributed by atoms with Gasteiger partial charge >= 0.3 is 0 Å². The van der Waals surface area contributed by atoms with Crippen LogP contribution in [0.3, 0.4) is 0 Å². The molecule has 0 unspecified atom stereocenters. The van der Waals surface area contributed by atoms with Gasteiger partial charge in [0.05, 0.1) is 11.0 Å². The van der Waals surface area contributed by atoms with E-state index in [-0.39, 0.29) is 7.43 Å². The molecule has 0 saturated heterocycles. The molecule has 0 spiro atoms. The second kappa shape index (κ2) is 3.93. The first-order valence-corrected chi connectivity index (χ1v) is 5.71. The van der Waals surface area contributed by atoms with E-state index in [0.29, 0.717) is 6.04 Å². The Morgan fingerprint density at radius 2 is 2.00 bits per heavy atom. The fourth-order valence-corrected chi connectivity index (χ4v) is 2.53. The normalized spacial score (nSPS) is 15.9. The number of nitrogens with zero attached hydrogens (tertiary/aromatic N) is 2. The molecule has 1 aromatic heterocycles. The summed E-state index contributed by atoms with van der Waals surface area (Å²) in [7, 11) is 0. The van der Waals surface area contributed by atoms with E-state index in [4.69, 9.17) is 0 Å². The topological polar surface area (TPSA) is 17.8 Å². The van der Waals surface area contributed by atoms with Crippen molar-refractivity contribution in [2.75, 3.05) is 0 Å². The van der Waals surface area contributed by atoms with Gasteiger partial charge in [-0.2, -0.15) is 0 Å². The molecule has 1 aromatic carbocycles. The van der Waals surface area contributed by atoms with Gasteiger partial charge in [0.2, 0.25) is 0 Å². The van der Waals surface area contributed by atoms with Crippen LogP contribution in [0, 0.1) is 13.8 Å². The average Bonchev–Trinajstić information content (AvgIpc) is 2.42. The maximum absolute atomic E-state index is 4.64. The zero-order chi connectivity index (χ0) is 10.4. The van der Waals surface area contributed by atoms with Crippen LogP contribution in [-0.4, -0.2) is 9.55 Å². The summed E-state index contributed by atoms with van der Waals surface area (Å²) in [5, 5.41) is 0. The van der Waals surface area contributed by atoms with Crippen molar-refractivity contribution >= 4 is 11.0 Å². The SMILES string of the molecule is C.Cc1cccc2nc(C)n(C3CCC3)c12. The van der Waals surface area contributed by atoms with Crippen molar-refractivity contribution in [3.8, 4) is 0 Å². The van der Waals surface area contributed by atoms with E-state index >= 15 is 0 Å². The number of aryl methyl sites for hydroxylation is 2. The van der Waals surface area contributed by atoms with E-state index in [1.807, 2.05) is 0 Å². The lowest BCUT2D eigenvalue weighted by atomic mass is 9.92. The third-order valence-electron chi connectivity index (χ3n) is 3.53. The number of hydrogen-bond donors (Lipinski definition) is 0. The minimum atomic E-state index is 0. The highest BCUT2D eigenvalue weighted by Gasteiger charge is 2.23. The summed E-state index contributed by atoms with van der Waals surface area (Å²) in [5.41, 5.74) is 3.85. The van der Waals surface area contributed by atoms with Crippen molar-refractivity contribution < 1.29 is 0 Å². The summed E-state index contributed by atoms with van der Waals surface area (Å²) < 4.78 is 2.44. The standard InChI is InChI=1S/C13H16N2.CH4/c1-9-5-3-8-12-13(9)15(10(2)14-12)11-6-4-7-11;/h3,5,8,11H,4,6-7H2,1-2H3;1H4. The maximum Gasteiger partial charge on any atom is 0.106 e. The smallest absolute Gasteiger partial charge is 0.106 e. The lowest BCUT2D eigenvalue weighted by molar-refractivity contribution is 0.315. The monoisotopic (exact) mass is 216 g/mol. The fraction of sp³-hybridized carbons (Fsp3) is 0.500. The molecule has 0 aliphatic heterocycles. The van der Waals surface area contributed by atoms with Gasteiger partial charge in [-0.15, -0.1) is 0 Å². The first-order chi connectivity index (χ1) is 7.27. The second-order valence-corrected chi connectivity index (χ2v) is 4.56. The van der Waals surface area contributed by atoms with E-state index in [0.717, 1.165) is 5.52 Å². The van der Waals surface area contributed by atoms with Crippen LogP contribution in [0.1, 0.15) is 44.1 Å². The Hall–Kier alpha value is -1.31. The highest BCUT2D eigenvalue weighted by atomic mass is 15.1. The molecule has 0 bridgehead atoms. The molecule has 2 heteroatoms. The molecule has 1 heterocycles. The van der Waals surface area contributed by atoms with Crippen LogP contribution in [0.15, 0.2) is 18.2 Å². The van der Waals surface area contributed by atoms with Crippen molar-refractivity contribution in [3.05, 3.63) is 29.6 Å². The number of imidazole rings is 1. The molecular weight excluding hydrogens is 196 g/mol. The van der Waals surface area contributed by atoms with Crippen LogP contribution in [-0.2, 0) is 0 Å². The Kier molecular flexibility index (Phi) is 2.75. The Bertz CT molecular complexity index is 507. The molecule has 2 aromatic rings. The summed E-state index contributed by atoms with van der Waals surface area (Å²) in [4.78, 5) is 4.64. The molecule has 86 valence electrons. The van der Waals surface area contributed by atoms with Crippen LogP contribution >= 0.6 is 0 Å². The fourth-order valence-electron chi connectivity index (χ4n) is 2.53. The molecule has 1 fully saturated rings. The van der Waals surface area contributed by atoms with Crippen molar-refractivity contribution in [2.45, 2.75) is 46.6 Å². The quantitative estimate of drug-likeness (QED) is 0.704. The first kappa shape index (κ1) is 11.2. The molecule has 0 N–H and O–H groups in total. The van der Waals surface area contributed by atoms with Gasteiger partial charge in [-0.05, 0) is 44.7 Å². The predicted octanol–water partition coefficient (Wildman–Crippen LogP) is 4.01. The van der Waals surface area contributed by atoms with Crippen LogP contribution in [0.2, 0.25) is 0 Å². The number of aromatic nitrogens is 2.